The molecule has 0 fully saturated rings. The Morgan fingerprint density at radius 2 is 1.78 bits per heavy atom. The first-order valence-corrected chi connectivity index (χ1v) is 10.9. The van der Waals surface area contributed by atoms with Crippen LogP contribution in [0.3, 0.4) is 0 Å². The van der Waals surface area contributed by atoms with E-state index < -0.39 is 5.91 Å². The van der Waals surface area contributed by atoms with Gasteiger partial charge < -0.3 is 10.6 Å². The Morgan fingerprint density at radius 3 is 2.50 bits per heavy atom. The van der Waals surface area contributed by atoms with Gasteiger partial charge in [0.2, 0.25) is 5.91 Å². The van der Waals surface area contributed by atoms with E-state index in [0.717, 1.165) is 5.56 Å². The molecule has 0 aliphatic heterocycles. The second-order valence-corrected chi connectivity index (χ2v) is 8.11. The molecule has 32 heavy (non-hydrogen) atoms. The molecule has 162 valence electrons. The molecule has 2 N–H and O–H groups in total. The summed E-state index contributed by atoms with van der Waals surface area (Å²) < 4.78 is 3.21. The number of nitrogens with zero attached hydrogens (tertiary/aromatic N) is 2. The van der Waals surface area contributed by atoms with Crippen LogP contribution in [0, 0.1) is 6.92 Å². The molecule has 0 spiro atoms. The van der Waals surface area contributed by atoms with Gasteiger partial charge in [-0.05, 0) is 59.6 Å². The molecule has 8 heteroatoms. The highest BCUT2D eigenvalue weighted by Gasteiger charge is 2.19. The zero-order chi connectivity index (χ0) is 22.7. The lowest BCUT2D eigenvalue weighted by molar-refractivity contribution is -0.115. The monoisotopic (exact) mass is 446 g/mol. The lowest BCUT2D eigenvalue weighted by Crippen LogP contribution is -2.23. The van der Waals surface area contributed by atoms with Gasteiger partial charge in [-0.15, -0.1) is 0 Å². The molecule has 0 aliphatic rings. The van der Waals surface area contributed by atoms with Crippen LogP contribution in [0.5, 0.6) is 0 Å². The molecule has 4 rings (SSSR count). The molecular formula is C24H22N4O3S. The average molecular weight is 447 g/mol. The molecule has 2 heterocycles. The van der Waals surface area contributed by atoms with Crippen molar-refractivity contribution in [2.75, 3.05) is 10.6 Å². The van der Waals surface area contributed by atoms with Crippen LogP contribution in [-0.4, -0.2) is 21.2 Å². The molecule has 0 atom stereocenters. The van der Waals surface area contributed by atoms with Gasteiger partial charge in [-0.25, -0.2) is 4.68 Å². The van der Waals surface area contributed by atoms with E-state index in [1.807, 2.05) is 47.2 Å². The van der Waals surface area contributed by atoms with E-state index in [1.54, 1.807) is 42.9 Å². The van der Waals surface area contributed by atoms with Crippen molar-refractivity contribution in [1.82, 2.24) is 9.36 Å². The Labute approximate surface area is 188 Å². The van der Waals surface area contributed by atoms with Crippen LogP contribution < -0.4 is 16.2 Å². The first kappa shape index (κ1) is 21.3. The zero-order valence-electron chi connectivity index (χ0n) is 17.7. The molecule has 0 radical (unpaired) electrons. The van der Waals surface area contributed by atoms with Crippen LogP contribution in [0.4, 0.5) is 11.4 Å². The summed E-state index contributed by atoms with van der Waals surface area (Å²) in [7, 11) is 1.77. The predicted octanol–water partition coefficient (Wildman–Crippen LogP) is 3.98. The van der Waals surface area contributed by atoms with E-state index in [-0.39, 0.29) is 23.6 Å². The molecule has 0 saturated heterocycles. The van der Waals surface area contributed by atoms with Crippen molar-refractivity contribution >= 4 is 34.5 Å². The standard InChI is InChI=1S/C24H22N4O3S/c1-16-22(24(31)28(27(16)2)20-9-4-3-5-10-20)26-23(30)18-7-6-8-19(14-18)25-21(29)13-17-11-12-32-15-17/h3-12,14-15H,13H2,1-2H3,(H,25,29)(H,26,30). The van der Waals surface area contributed by atoms with E-state index in [2.05, 4.69) is 10.6 Å². The number of nitrogens with one attached hydrogen (secondary N) is 2. The Hall–Kier alpha value is -3.91. The minimum Gasteiger partial charge on any atom is -0.326 e. The van der Waals surface area contributed by atoms with Gasteiger partial charge in [0.1, 0.15) is 5.69 Å². The first-order valence-electron chi connectivity index (χ1n) is 10.0. The molecule has 0 bridgehead atoms. The number of amides is 2. The van der Waals surface area contributed by atoms with Crippen molar-refractivity contribution in [1.29, 1.82) is 0 Å². The van der Waals surface area contributed by atoms with Crippen LogP contribution in [0.2, 0.25) is 0 Å². The van der Waals surface area contributed by atoms with Gasteiger partial charge in [-0.2, -0.15) is 11.3 Å². The number of aromatic nitrogens is 2. The van der Waals surface area contributed by atoms with E-state index in [0.29, 0.717) is 22.6 Å². The fourth-order valence-electron chi connectivity index (χ4n) is 3.42. The van der Waals surface area contributed by atoms with Crippen LogP contribution in [-0.2, 0) is 18.3 Å². The second-order valence-electron chi connectivity index (χ2n) is 7.33. The van der Waals surface area contributed by atoms with E-state index in [9.17, 15) is 14.4 Å². The highest BCUT2D eigenvalue weighted by molar-refractivity contribution is 7.08. The van der Waals surface area contributed by atoms with Gasteiger partial charge in [0.05, 0.1) is 17.8 Å². The predicted molar refractivity (Wildman–Crippen MR) is 127 cm³/mol. The molecular weight excluding hydrogens is 424 g/mol. The van der Waals surface area contributed by atoms with E-state index >= 15 is 0 Å². The largest absolute Gasteiger partial charge is 0.326 e. The topological polar surface area (TPSA) is 85.1 Å². The summed E-state index contributed by atoms with van der Waals surface area (Å²) in [4.78, 5) is 38.2. The second kappa shape index (κ2) is 9.07. The van der Waals surface area contributed by atoms with Crippen molar-refractivity contribution in [2.24, 2.45) is 7.05 Å². The number of anilines is 2. The number of hydrogen-bond acceptors (Lipinski definition) is 4. The van der Waals surface area contributed by atoms with Gasteiger partial charge in [-0.3, -0.25) is 19.1 Å². The van der Waals surface area contributed by atoms with Gasteiger partial charge in [0, 0.05) is 18.3 Å². The average Bonchev–Trinajstić information content (AvgIpc) is 3.37. The first-order chi connectivity index (χ1) is 15.4. The van der Waals surface area contributed by atoms with Crippen molar-refractivity contribution in [2.45, 2.75) is 13.3 Å². The lowest BCUT2D eigenvalue weighted by atomic mass is 10.1. The van der Waals surface area contributed by atoms with Crippen LogP contribution in [0.1, 0.15) is 21.6 Å². The molecule has 0 saturated carbocycles. The Bertz CT molecular complexity index is 1320. The van der Waals surface area contributed by atoms with Crippen LogP contribution >= 0.6 is 11.3 Å². The number of carbonyl (C=O) groups is 2. The quantitative estimate of drug-likeness (QED) is 0.470. The third-order valence-corrected chi connectivity index (χ3v) is 5.88. The fraction of sp³-hybridized carbons (Fsp3) is 0.125. The van der Waals surface area contributed by atoms with Crippen molar-refractivity contribution in [3.05, 3.63) is 98.6 Å². The minimum atomic E-state index is -0.426. The lowest BCUT2D eigenvalue weighted by Gasteiger charge is -2.08. The maximum absolute atomic E-state index is 13.0. The van der Waals surface area contributed by atoms with Gasteiger partial charge in [0.25, 0.3) is 11.5 Å². The molecule has 2 aromatic heterocycles. The van der Waals surface area contributed by atoms with E-state index in [4.69, 9.17) is 0 Å². The third kappa shape index (κ3) is 4.40. The summed E-state index contributed by atoms with van der Waals surface area (Å²) in [6, 6.07) is 17.8. The SMILES string of the molecule is Cc1c(NC(=O)c2cccc(NC(=O)Cc3ccsc3)c2)c(=O)n(-c2ccccc2)n1C. The Morgan fingerprint density at radius 1 is 1.00 bits per heavy atom. The third-order valence-electron chi connectivity index (χ3n) is 5.15. The summed E-state index contributed by atoms with van der Waals surface area (Å²) in [5, 5.41) is 9.40. The minimum absolute atomic E-state index is 0.161. The number of rotatable bonds is 6. The molecule has 0 aliphatic carbocycles. The summed E-state index contributed by atoms with van der Waals surface area (Å²) >= 11 is 1.54. The van der Waals surface area contributed by atoms with Crippen molar-refractivity contribution in [3.63, 3.8) is 0 Å². The highest BCUT2D eigenvalue weighted by Crippen LogP contribution is 2.17. The van der Waals surface area contributed by atoms with Gasteiger partial charge >= 0.3 is 0 Å². The molecule has 0 unspecified atom stereocenters. The fourth-order valence-corrected chi connectivity index (χ4v) is 4.09. The number of thiophene rings is 1. The molecule has 7 nitrogen and oxygen atoms in total. The highest BCUT2D eigenvalue weighted by atomic mass is 32.1. The normalized spacial score (nSPS) is 10.7. The number of hydrogen-bond donors (Lipinski definition) is 2. The van der Waals surface area contributed by atoms with Crippen LogP contribution in [0.15, 0.2) is 76.2 Å². The Kier molecular flexibility index (Phi) is 6.04. The van der Waals surface area contributed by atoms with Crippen LogP contribution in [0.25, 0.3) is 5.69 Å². The maximum atomic E-state index is 13.0. The van der Waals surface area contributed by atoms with Crippen molar-refractivity contribution in [3.8, 4) is 5.69 Å². The summed E-state index contributed by atoms with van der Waals surface area (Å²) in [6.45, 7) is 1.78. The van der Waals surface area contributed by atoms with Gasteiger partial charge in [0.15, 0.2) is 0 Å². The summed E-state index contributed by atoms with van der Waals surface area (Å²) in [6.07, 6.45) is 0.266. The number of carbonyl (C=O) groups excluding carboxylic acids is 2. The molecule has 2 aromatic carbocycles. The summed E-state index contributed by atoms with van der Waals surface area (Å²) in [5.41, 5.74) is 3.04. The van der Waals surface area contributed by atoms with Crippen molar-refractivity contribution < 1.29 is 9.59 Å². The molecule has 2 amide bonds. The number of benzene rings is 2. The summed E-state index contributed by atoms with van der Waals surface area (Å²) in [5.74, 6) is -0.587. The zero-order valence-corrected chi connectivity index (χ0v) is 18.5. The Balaban J connectivity index is 1.53. The number of para-hydroxylation sites is 1. The molecule has 4 aromatic rings. The smallest absolute Gasteiger partial charge is 0.295 e. The van der Waals surface area contributed by atoms with E-state index in [1.165, 1.54) is 16.0 Å². The van der Waals surface area contributed by atoms with Gasteiger partial charge in [-0.1, -0.05) is 24.3 Å². The maximum Gasteiger partial charge on any atom is 0.295 e.